The smallest absolute Gasteiger partial charge is 0.290 e. The van der Waals surface area contributed by atoms with Crippen molar-refractivity contribution in [2.75, 3.05) is 44.3 Å². The molecule has 3 aliphatic rings. The molecular weight excluding hydrogens is 428 g/mol. The summed E-state index contributed by atoms with van der Waals surface area (Å²) >= 11 is 1.68. The third-order valence-electron chi connectivity index (χ3n) is 6.89. The van der Waals surface area contributed by atoms with E-state index in [2.05, 4.69) is 32.1 Å². The van der Waals surface area contributed by atoms with E-state index in [0.717, 1.165) is 87.2 Å². The Balaban J connectivity index is 0.000000775. The number of rotatable bonds is 3. The predicted octanol–water partition coefficient (Wildman–Crippen LogP) is 2.74. The van der Waals surface area contributed by atoms with Crippen LogP contribution in [0.4, 0.5) is 5.13 Å². The van der Waals surface area contributed by atoms with Crippen LogP contribution >= 0.6 is 11.3 Å². The number of hydrogen-bond acceptors (Lipinski definition) is 8. The number of hydrogen-bond donors (Lipinski definition) is 2. The fraction of sp³-hybridized carbons (Fsp3) is 0.609. The SMILES string of the molecule is O=CO.OC1CN(C2CCOCC2)CC2(CCN(c3nnc(-c4ccccc4)s3)CC2)C1. The monoisotopic (exact) mass is 460 g/mol. The van der Waals surface area contributed by atoms with E-state index in [0.29, 0.717) is 6.04 Å². The van der Waals surface area contributed by atoms with Crippen molar-refractivity contribution in [3.05, 3.63) is 30.3 Å². The number of carboxylic acid groups (broad SMARTS) is 1. The van der Waals surface area contributed by atoms with Gasteiger partial charge in [0.2, 0.25) is 5.13 Å². The highest BCUT2D eigenvalue weighted by atomic mass is 32.1. The molecule has 1 aromatic heterocycles. The van der Waals surface area contributed by atoms with Gasteiger partial charge in [-0.3, -0.25) is 9.69 Å². The third-order valence-corrected chi connectivity index (χ3v) is 7.92. The van der Waals surface area contributed by atoms with Gasteiger partial charge in [-0.05, 0) is 37.5 Å². The van der Waals surface area contributed by atoms with E-state index in [4.69, 9.17) is 14.6 Å². The number of piperidine rings is 2. The van der Waals surface area contributed by atoms with Crippen molar-refractivity contribution in [1.29, 1.82) is 0 Å². The molecule has 1 atom stereocenters. The topological polar surface area (TPSA) is 99.0 Å². The van der Waals surface area contributed by atoms with Gasteiger partial charge in [0.1, 0.15) is 5.01 Å². The fourth-order valence-electron chi connectivity index (χ4n) is 5.30. The molecular formula is C23H32N4O4S. The molecule has 0 amide bonds. The summed E-state index contributed by atoms with van der Waals surface area (Å²) < 4.78 is 5.54. The minimum absolute atomic E-state index is 0.204. The predicted molar refractivity (Wildman–Crippen MR) is 124 cm³/mol. The summed E-state index contributed by atoms with van der Waals surface area (Å²) in [5.41, 5.74) is 1.37. The maximum absolute atomic E-state index is 10.6. The molecule has 2 N–H and O–H groups in total. The van der Waals surface area contributed by atoms with Gasteiger partial charge >= 0.3 is 0 Å². The number of likely N-dealkylation sites (tertiary alicyclic amines) is 1. The minimum Gasteiger partial charge on any atom is -0.483 e. The summed E-state index contributed by atoms with van der Waals surface area (Å²) in [7, 11) is 0. The van der Waals surface area contributed by atoms with Gasteiger partial charge in [-0.15, -0.1) is 10.2 Å². The molecule has 0 aliphatic carbocycles. The minimum atomic E-state index is -0.250. The molecule has 9 heteroatoms. The van der Waals surface area contributed by atoms with Crippen LogP contribution in [0.3, 0.4) is 0 Å². The van der Waals surface area contributed by atoms with Gasteiger partial charge in [0.25, 0.3) is 6.47 Å². The second-order valence-electron chi connectivity index (χ2n) is 8.98. The first kappa shape index (κ1) is 23.1. The second-order valence-corrected chi connectivity index (χ2v) is 9.94. The highest BCUT2D eigenvalue weighted by molar-refractivity contribution is 7.18. The fourth-order valence-corrected chi connectivity index (χ4v) is 6.20. The van der Waals surface area contributed by atoms with Crippen molar-refractivity contribution in [3.8, 4) is 10.6 Å². The number of nitrogens with zero attached hydrogens (tertiary/aromatic N) is 4. The second kappa shape index (κ2) is 10.7. The summed E-state index contributed by atoms with van der Waals surface area (Å²) in [6.07, 6.45) is 5.16. The standard InChI is InChI=1S/C22H30N4O2S.CH2O2/c27-19-14-22(16-26(15-19)18-6-12-28-13-7-18)8-10-25(11-9-22)21-24-23-20(29-21)17-4-2-1-3-5-17;2-1-3/h1-5,18-19,27H,6-16H2;1H,(H,2,3). The van der Waals surface area contributed by atoms with Crippen LogP contribution in [-0.2, 0) is 9.53 Å². The van der Waals surface area contributed by atoms with Crippen molar-refractivity contribution in [3.63, 3.8) is 0 Å². The largest absolute Gasteiger partial charge is 0.483 e. The molecule has 2 aromatic rings. The lowest BCUT2D eigenvalue weighted by Crippen LogP contribution is -2.57. The summed E-state index contributed by atoms with van der Waals surface area (Å²) in [4.78, 5) is 13.3. The van der Waals surface area contributed by atoms with Crippen molar-refractivity contribution >= 4 is 22.9 Å². The van der Waals surface area contributed by atoms with Crippen LogP contribution in [0.5, 0.6) is 0 Å². The van der Waals surface area contributed by atoms with E-state index in [1.165, 1.54) is 0 Å². The van der Waals surface area contributed by atoms with Crippen LogP contribution in [0.2, 0.25) is 0 Å². The molecule has 4 heterocycles. The molecule has 32 heavy (non-hydrogen) atoms. The first-order chi connectivity index (χ1) is 15.6. The summed E-state index contributed by atoms with van der Waals surface area (Å²) in [6.45, 7) is 5.41. The molecule has 0 saturated carbocycles. The number of benzene rings is 1. The number of carbonyl (C=O) groups is 1. The number of ether oxygens (including phenoxy) is 1. The molecule has 8 nitrogen and oxygen atoms in total. The molecule has 174 valence electrons. The Morgan fingerprint density at radius 3 is 2.50 bits per heavy atom. The summed E-state index contributed by atoms with van der Waals surface area (Å²) in [5, 5.41) is 28.4. The Labute approximate surface area is 192 Å². The van der Waals surface area contributed by atoms with Crippen molar-refractivity contribution < 1.29 is 19.7 Å². The zero-order valence-corrected chi connectivity index (χ0v) is 19.1. The summed E-state index contributed by atoms with van der Waals surface area (Å²) in [5.74, 6) is 0. The maximum Gasteiger partial charge on any atom is 0.290 e. The number of aliphatic hydroxyl groups is 1. The zero-order chi connectivity index (χ0) is 22.4. The number of aliphatic hydroxyl groups excluding tert-OH is 1. The number of β-amino-alcohol motifs (C(OH)–C–C–N with tert-alkyl or cyclic N) is 1. The Morgan fingerprint density at radius 1 is 1.12 bits per heavy atom. The van der Waals surface area contributed by atoms with Gasteiger partial charge in [0.15, 0.2) is 0 Å². The van der Waals surface area contributed by atoms with Crippen LogP contribution < -0.4 is 4.90 Å². The first-order valence-electron chi connectivity index (χ1n) is 11.3. The highest BCUT2D eigenvalue weighted by Crippen LogP contribution is 2.42. The number of anilines is 1. The molecule has 0 bridgehead atoms. The zero-order valence-electron chi connectivity index (χ0n) is 18.3. The van der Waals surface area contributed by atoms with E-state index in [9.17, 15) is 5.11 Å². The van der Waals surface area contributed by atoms with Crippen LogP contribution in [0.15, 0.2) is 30.3 Å². The summed E-state index contributed by atoms with van der Waals surface area (Å²) in [6, 6.07) is 10.9. The van der Waals surface area contributed by atoms with Crippen LogP contribution in [0.1, 0.15) is 32.1 Å². The Bertz CT molecular complexity index is 851. The lowest BCUT2D eigenvalue weighted by Gasteiger charge is -2.51. The Hall–Kier alpha value is -2.07. The van der Waals surface area contributed by atoms with Crippen molar-refractivity contribution in [2.45, 2.75) is 44.2 Å². The molecule has 5 rings (SSSR count). The van der Waals surface area contributed by atoms with Crippen molar-refractivity contribution in [2.24, 2.45) is 5.41 Å². The molecule has 3 fully saturated rings. The Kier molecular flexibility index (Phi) is 7.72. The van der Waals surface area contributed by atoms with Crippen molar-refractivity contribution in [1.82, 2.24) is 15.1 Å². The lowest BCUT2D eigenvalue weighted by atomic mass is 9.71. The van der Waals surface area contributed by atoms with Crippen LogP contribution in [0, 0.1) is 5.41 Å². The molecule has 1 spiro atoms. The molecule has 3 saturated heterocycles. The van der Waals surface area contributed by atoms with E-state index < -0.39 is 0 Å². The molecule has 1 unspecified atom stereocenters. The third kappa shape index (κ3) is 5.46. The first-order valence-corrected chi connectivity index (χ1v) is 12.2. The van der Waals surface area contributed by atoms with Gasteiger partial charge in [0, 0.05) is 51.0 Å². The average Bonchev–Trinajstić information content (AvgIpc) is 3.31. The molecule has 3 aliphatic heterocycles. The van der Waals surface area contributed by atoms with Gasteiger partial charge in [-0.25, -0.2) is 0 Å². The normalized spacial score (nSPS) is 24.0. The molecule has 0 radical (unpaired) electrons. The van der Waals surface area contributed by atoms with Gasteiger partial charge in [0.05, 0.1) is 6.10 Å². The van der Waals surface area contributed by atoms with E-state index in [-0.39, 0.29) is 18.0 Å². The Morgan fingerprint density at radius 2 is 1.81 bits per heavy atom. The maximum atomic E-state index is 10.6. The van der Waals surface area contributed by atoms with Crippen LogP contribution in [0.25, 0.3) is 10.6 Å². The highest BCUT2D eigenvalue weighted by Gasteiger charge is 2.43. The van der Waals surface area contributed by atoms with E-state index in [1.54, 1.807) is 11.3 Å². The average molecular weight is 461 g/mol. The van der Waals surface area contributed by atoms with Crippen LogP contribution in [-0.4, -0.2) is 83.3 Å². The number of aromatic nitrogens is 2. The quantitative estimate of drug-likeness (QED) is 0.675. The van der Waals surface area contributed by atoms with E-state index in [1.807, 2.05) is 18.2 Å². The van der Waals surface area contributed by atoms with Gasteiger partial charge in [-0.2, -0.15) is 0 Å². The molecule has 1 aromatic carbocycles. The van der Waals surface area contributed by atoms with Gasteiger partial charge < -0.3 is 19.8 Å². The lowest BCUT2D eigenvalue weighted by molar-refractivity contribution is -0.122. The van der Waals surface area contributed by atoms with E-state index >= 15 is 0 Å². The van der Waals surface area contributed by atoms with Gasteiger partial charge in [-0.1, -0.05) is 41.7 Å².